The number of benzene rings is 1. The van der Waals surface area contributed by atoms with Crippen molar-refractivity contribution in [1.82, 2.24) is 10.2 Å². The van der Waals surface area contributed by atoms with Crippen LogP contribution in [0.5, 0.6) is 11.5 Å². The highest BCUT2D eigenvalue weighted by molar-refractivity contribution is 5.81. The summed E-state index contributed by atoms with van der Waals surface area (Å²) in [5, 5.41) is 3.29. The highest BCUT2D eigenvalue weighted by Gasteiger charge is 2.23. The van der Waals surface area contributed by atoms with Gasteiger partial charge in [-0.05, 0) is 37.1 Å². The first kappa shape index (κ1) is 15.6. The molecule has 2 rings (SSSR count). The molecule has 0 bridgehead atoms. The number of rotatable bonds is 5. The molecule has 0 radical (unpaired) electrons. The lowest BCUT2D eigenvalue weighted by molar-refractivity contribution is -0.133. The van der Waals surface area contributed by atoms with Gasteiger partial charge in [0.1, 0.15) is 0 Å². The Balaban J connectivity index is 2.01. The predicted octanol–water partition coefficient (Wildman–Crippen LogP) is 1.80. The Morgan fingerprint density at radius 1 is 1.29 bits per heavy atom. The summed E-state index contributed by atoms with van der Waals surface area (Å²) in [6.45, 7) is 1.50. The maximum atomic E-state index is 12.4. The summed E-state index contributed by atoms with van der Waals surface area (Å²) in [4.78, 5) is 14.2. The van der Waals surface area contributed by atoms with Crippen molar-refractivity contribution in [1.29, 1.82) is 0 Å². The summed E-state index contributed by atoms with van der Waals surface area (Å²) in [5.74, 6) is 1.54. The van der Waals surface area contributed by atoms with Crippen LogP contribution < -0.4 is 14.8 Å². The minimum absolute atomic E-state index is 0.0381. The van der Waals surface area contributed by atoms with E-state index >= 15 is 0 Å². The molecule has 1 aliphatic rings. The van der Waals surface area contributed by atoms with Gasteiger partial charge in [0.05, 0.1) is 20.3 Å². The normalized spacial score (nSPS) is 18.1. The van der Waals surface area contributed by atoms with E-state index in [2.05, 4.69) is 5.32 Å². The second-order valence-electron chi connectivity index (χ2n) is 5.39. The Bertz CT molecular complexity index is 484. The Morgan fingerprint density at radius 3 is 2.67 bits per heavy atom. The minimum Gasteiger partial charge on any atom is -0.493 e. The number of nitrogens with zero attached hydrogens (tertiary/aromatic N) is 1. The Kier molecular flexibility index (Phi) is 5.44. The first-order valence-corrected chi connectivity index (χ1v) is 7.35. The Hall–Kier alpha value is -1.75. The zero-order valence-corrected chi connectivity index (χ0v) is 13.0. The number of ether oxygens (including phenoxy) is 2. The van der Waals surface area contributed by atoms with Gasteiger partial charge in [0.15, 0.2) is 11.5 Å². The zero-order chi connectivity index (χ0) is 15.2. The second kappa shape index (κ2) is 7.31. The lowest BCUT2D eigenvalue weighted by Gasteiger charge is -2.27. The molecule has 5 nitrogen and oxygen atoms in total. The smallest absolute Gasteiger partial charge is 0.239 e. The van der Waals surface area contributed by atoms with Crippen molar-refractivity contribution in [3.05, 3.63) is 23.8 Å². The molecule has 1 atom stereocenters. The molecule has 0 unspecified atom stereocenters. The van der Waals surface area contributed by atoms with Gasteiger partial charge < -0.3 is 19.7 Å². The summed E-state index contributed by atoms with van der Waals surface area (Å²) in [6, 6.07) is 5.70. The Morgan fingerprint density at radius 2 is 2.05 bits per heavy atom. The van der Waals surface area contributed by atoms with Crippen molar-refractivity contribution in [3.8, 4) is 11.5 Å². The minimum atomic E-state index is -0.0381. The first-order chi connectivity index (χ1) is 10.2. The molecule has 0 saturated carbocycles. The molecule has 0 spiro atoms. The predicted molar refractivity (Wildman–Crippen MR) is 81.7 cm³/mol. The number of nitrogens with one attached hydrogen (secondary N) is 1. The van der Waals surface area contributed by atoms with Gasteiger partial charge >= 0.3 is 0 Å². The van der Waals surface area contributed by atoms with E-state index in [-0.39, 0.29) is 11.9 Å². The summed E-state index contributed by atoms with van der Waals surface area (Å²) in [7, 11) is 5.07. The van der Waals surface area contributed by atoms with Crippen LogP contribution in [0.4, 0.5) is 0 Å². The van der Waals surface area contributed by atoms with Gasteiger partial charge in [-0.1, -0.05) is 12.5 Å². The van der Waals surface area contributed by atoms with Crippen LogP contribution >= 0.6 is 0 Å². The van der Waals surface area contributed by atoms with Gasteiger partial charge in [-0.2, -0.15) is 0 Å². The molecule has 1 saturated heterocycles. The average Bonchev–Trinajstić information content (AvgIpc) is 2.54. The molecule has 0 aliphatic carbocycles. The quantitative estimate of drug-likeness (QED) is 0.899. The van der Waals surface area contributed by atoms with Gasteiger partial charge in [-0.15, -0.1) is 0 Å². The molecule has 1 N–H and O–H groups in total. The fourth-order valence-corrected chi connectivity index (χ4v) is 2.66. The zero-order valence-electron chi connectivity index (χ0n) is 13.0. The van der Waals surface area contributed by atoms with Crippen LogP contribution in [0.3, 0.4) is 0 Å². The number of carbonyl (C=O) groups is 1. The van der Waals surface area contributed by atoms with Gasteiger partial charge in [0, 0.05) is 13.6 Å². The summed E-state index contributed by atoms with van der Waals surface area (Å²) >= 11 is 0. The van der Waals surface area contributed by atoms with Crippen molar-refractivity contribution in [2.45, 2.75) is 31.8 Å². The maximum absolute atomic E-state index is 12.4. The number of hydrogen-bond acceptors (Lipinski definition) is 4. The van der Waals surface area contributed by atoms with Crippen molar-refractivity contribution in [2.24, 2.45) is 0 Å². The third kappa shape index (κ3) is 3.88. The van der Waals surface area contributed by atoms with Crippen LogP contribution in [0.15, 0.2) is 18.2 Å². The Labute approximate surface area is 126 Å². The largest absolute Gasteiger partial charge is 0.493 e. The molecule has 0 aromatic heterocycles. The van der Waals surface area contributed by atoms with Crippen molar-refractivity contribution >= 4 is 5.91 Å². The molecule has 1 aromatic rings. The maximum Gasteiger partial charge on any atom is 0.239 e. The van der Waals surface area contributed by atoms with Crippen LogP contribution in [0.1, 0.15) is 24.8 Å². The molecule has 1 aromatic carbocycles. The van der Waals surface area contributed by atoms with E-state index < -0.39 is 0 Å². The van der Waals surface area contributed by atoms with Gasteiger partial charge in [0.2, 0.25) is 5.91 Å². The number of likely N-dealkylation sites (N-methyl/N-ethyl adjacent to an activating group) is 1. The summed E-state index contributed by atoms with van der Waals surface area (Å²) < 4.78 is 10.5. The van der Waals surface area contributed by atoms with Crippen LogP contribution in [-0.4, -0.2) is 44.7 Å². The molecule has 116 valence electrons. The van der Waals surface area contributed by atoms with E-state index in [9.17, 15) is 4.79 Å². The molecule has 1 amide bonds. The molecule has 1 fully saturated rings. The van der Waals surface area contributed by atoms with Crippen molar-refractivity contribution in [2.75, 3.05) is 27.8 Å². The number of methoxy groups -OCH3 is 2. The molecule has 21 heavy (non-hydrogen) atoms. The second-order valence-corrected chi connectivity index (χ2v) is 5.39. The highest BCUT2D eigenvalue weighted by atomic mass is 16.5. The number of piperidine rings is 1. The fourth-order valence-electron chi connectivity index (χ4n) is 2.66. The average molecular weight is 292 g/mol. The third-order valence-electron chi connectivity index (χ3n) is 3.85. The first-order valence-electron chi connectivity index (χ1n) is 7.35. The van der Waals surface area contributed by atoms with E-state index in [1.165, 1.54) is 0 Å². The SMILES string of the molecule is COc1ccc(CN(C)C(=O)[C@H]2CCCCN2)cc1OC. The topological polar surface area (TPSA) is 50.8 Å². The molecular formula is C16H24N2O3. The fraction of sp³-hybridized carbons (Fsp3) is 0.562. The van der Waals surface area contributed by atoms with Gasteiger partial charge in [-0.25, -0.2) is 0 Å². The number of amides is 1. The van der Waals surface area contributed by atoms with Crippen LogP contribution in [0, 0.1) is 0 Å². The van der Waals surface area contributed by atoms with Gasteiger partial charge in [-0.3, -0.25) is 4.79 Å². The lowest BCUT2D eigenvalue weighted by atomic mass is 10.0. The third-order valence-corrected chi connectivity index (χ3v) is 3.85. The van der Waals surface area contributed by atoms with Crippen molar-refractivity contribution < 1.29 is 14.3 Å². The van der Waals surface area contributed by atoms with Crippen LogP contribution in [-0.2, 0) is 11.3 Å². The molecular weight excluding hydrogens is 268 g/mol. The van der Waals surface area contributed by atoms with E-state index in [0.29, 0.717) is 18.0 Å². The molecule has 1 aliphatic heterocycles. The highest BCUT2D eigenvalue weighted by Crippen LogP contribution is 2.28. The van der Waals surface area contributed by atoms with Crippen LogP contribution in [0.25, 0.3) is 0 Å². The molecule has 5 heteroatoms. The number of hydrogen-bond donors (Lipinski definition) is 1. The van der Waals surface area contributed by atoms with E-state index in [0.717, 1.165) is 31.4 Å². The van der Waals surface area contributed by atoms with Gasteiger partial charge in [0.25, 0.3) is 0 Å². The standard InChI is InChI=1S/C16H24N2O3/c1-18(16(19)13-6-4-5-9-17-13)11-12-7-8-14(20-2)15(10-12)21-3/h7-8,10,13,17H,4-6,9,11H2,1-3H3/t13-/m1/s1. The van der Waals surface area contributed by atoms with E-state index in [4.69, 9.17) is 9.47 Å². The van der Waals surface area contributed by atoms with Crippen LogP contribution in [0.2, 0.25) is 0 Å². The van der Waals surface area contributed by atoms with Crippen molar-refractivity contribution in [3.63, 3.8) is 0 Å². The summed E-state index contributed by atoms with van der Waals surface area (Å²) in [6.07, 6.45) is 3.20. The summed E-state index contributed by atoms with van der Waals surface area (Å²) in [5.41, 5.74) is 1.03. The number of carbonyl (C=O) groups excluding carboxylic acids is 1. The monoisotopic (exact) mass is 292 g/mol. The lowest BCUT2D eigenvalue weighted by Crippen LogP contribution is -2.46. The molecule has 1 heterocycles. The van der Waals surface area contributed by atoms with E-state index in [1.807, 2.05) is 25.2 Å². The van der Waals surface area contributed by atoms with E-state index in [1.54, 1.807) is 19.1 Å².